The number of esters is 1. The number of fused-ring (bicyclic) bond motifs is 1. The smallest absolute Gasteiger partial charge is 0.337 e. The van der Waals surface area contributed by atoms with Crippen molar-refractivity contribution in [1.29, 1.82) is 0 Å². The van der Waals surface area contributed by atoms with E-state index in [9.17, 15) is 24.0 Å². The van der Waals surface area contributed by atoms with Gasteiger partial charge in [-0.05, 0) is 59.7 Å². The van der Waals surface area contributed by atoms with Crippen LogP contribution in [0.1, 0.15) is 51.9 Å². The number of methoxy groups -OCH3 is 1. The van der Waals surface area contributed by atoms with Gasteiger partial charge in [0.1, 0.15) is 16.5 Å². The monoisotopic (exact) mass is 432 g/mol. The molecular weight excluding hydrogens is 404 g/mol. The molecule has 0 unspecified atom stereocenters. The van der Waals surface area contributed by atoms with Crippen molar-refractivity contribution >= 4 is 41.0 Å². The predicted molar refractivity (Wildman–Crippen MR) is 113 cm³/mol. The molecule has 10 heteroatoms. The van der Waals surface area contributed by atoms with E-state index in [1.54, 1.807) is 0 Å². The zero-order chi connectivity index (χ0) is 23.8. The minimum Gasteiger partial charge on any atom is -0.465 e. The molecule has 1 heterocycles. The van der Waals surface area contributed by atoms with Crippen LogP contribution in [0.25, 0.3) is 0 Å². The fraction of sp³-hybridized carbons (Fsp3) is 0.476. The van der Waals surface area contributed by atoms with Gasteiger partial charge in [-0.1, -0.05) is 0 Å². The minimum absolute atomic E-state index is 0.129. The molecule has 1 aromatic rings. The summed E-state index contributed by atoms with van der Waals surface area (Å²) in [7, 11) is 1.22. The van der Waals surface area contributed by atoms with Crippen LogP contribution in [-0.4, -0.2) is 47.8 Å². The molecule has 0 fully saturated rings. The molecule has 0 aliphatic carbocycles. The summed E-state index contributed by atoms with van der Waals surface area (Å²) in [6.45, 7) is 8.71. The van der Waals surface area contributed by atoms with Crippen molar-refractivity contribution in [3.05, 3.63) is 23.8 Å². The van der Waals surface area contributed by atoms with Crippen LogP contribution in [0.4, 0.5) is 11.4 Å². The molecule has 0 atom stereocenters. The van der Waals surface area contributed by atoms with E-state index in [-0.39, 0.29) is 16.9 Å². The van der Waals surface area contributed by atoms with Gasteiger partial charge in [0.15, 0.2) is 0 Å². The van der Waals surface area contributed by atoms with Gasteiger partial charge < -0.3 is 26.0 Å². The Hall–Kier alpha value is -3.43. The molecule has 1 aliphatic heterocycles. The summed E-state index contributed by atoms with van der Waals surface area (Å²) in [5.74, 6) is -3.20. The van der Waals surface area contributed by atoms with Crippen molar-refractivity contribution < 1.29 is 28.7 Å². The van der Waals surface area contributed by atoms with E-state index in [1.165, 1.54) is 66.9 Å². The maximum atomic E-state index is 12.9. The summed E-state index contributed by atoms with van der Waals surface area (Å²) in [6, 6.07) is 4.22. The summed E-state index contributed by atoms with van der Waals surface area (Å²) in [5.41, 5.74) is -3.89. The summed E-state index contributed by atoms with van der Waals surface area (Å²) < 4.78 is 4.71. The van der Waals surface area contributed by atoms with E-state index in [2.05, 4.69) is 21.3 Å². The molecule has 0 spiro atoms. The maximum absolute atomic E-state index is 12.9. The van der Waals surface area contributed by atoms with Crippen molar-refractivity contribution in [3.8, 4) is 0 Å². The molecule has 2 rings (SSSR count). The van der Waals surface area contributed by atoms with Crippen molar-refractivity contribution in [2.75, 3.05) is 17.7 Å². The second kappa shape index (κ2) is 8.01. The lowest BCUT2D eigenvalue weighted by Gasteiger charge is -2.32. The van der Waals surface area contributed by atoms with Gasteiger partial charge in [-0.3, -0.25) is 19.2 Å². The Morgan fingerprint density at radius 2 is 1.19 bits per heavy atom. The fourth-order valence-corrected chi connectivity index (χ4v) is 2.66. The molecule has 4 amide bonds. The molecular formula is C21H28N4O6. The number of amides is 4. The minimum atomic E-state index is -1.56. The van der Waals surface area contributed by atoms with E-state index in [4.69, 9.17) is 4.74 Å². The first-order valence-corrected chi connectivity index (χ1v) is 9.62. The lowest BCUT2D eigenvalue weighted by molar-refractivity contribution is -0.145. The van der Waals surface area contributed by atoms with Gasteiger partial charge in [0, 0.05) is 0 Å². The van der Waals surface area contributed by atoms with E-state index < -0.39 is 46.1 Å². The SMILES string of the molecule is COC(=O)c1ccc2c(c1)NC(=O)C(C)(C)NC(=O)C(C)(C)C(=O)NC(C)(C)C(=O)N2. The summed E-state index contributed by atoms with van der Waals surface area (Å²) in [4.78, 5) is 63.4. The molecule has 10 nitrogen and oxygen atoms in total. The van der Waals surface area contributed by atoms with Gasteiger partial charge in [0.2, 0.25) is 23.6 Å². The topological polar surface area (TPSA) is 143 Å². The number of benzene rings is 1. The third kappa shape index (κ3) is 4.84. The maximum Gasteiger partial charge on any atom is 0.337 e. The van der Waals surface area contributed by atoms with Gasteiger partial charge in [0.25, 0.3) is 0 Å². The Morgan fingerprint density at radius 3 is 1.65 bits per heavy atom. The lowest BCUT2D eigenvalue weighted by Crippen LogP contribution is -2.61. The molecule has 31 heavy (non-hydrogen) atoms. The first kappa shape index (κ1) is 23.8. The number of carbonyl (C=O) groups is 5. The Kier molecular flexibility index (Phi) is 6.16. The van der Waals surface area contributed by atoms with Gasteiger partial charge in [-0.15, -0.1) is 0 Å². The quantitative estimate of drug-likeness (QED) is 0.388. The van der Waals surface area contributed by atoms with E-state index in [1.807, 2.05) is 0 Å². The number of nitrogens with one attached hydrogen (secondary N) is 4. The van der Waals surface area contributed by atoms with Gasteiger partial charge in [-0.25, -0.2) is 4.79 Å². The third-order valence-corrected chi connectivity index (χ3v) is 5.06. The average Bonchev–Trinajstić information content (AvgIpc) is 2.66. The average molecular weight is 432 g/mol. The zero-order valence-electron chi connectivity index (χ0n) is 18.7. The van der Waals surface area contributed by atoms with Crippen LogP contribution in [0.2, 0.25) is 0 Å². The Labute approximate surface area is 180 Å². The molecule has 0 saturated carbocycles. The summed E-state index contributed by atoms with van der Waals surface area (Å²) in [6.07, 6.45) is 0. The molecule has 1 aromatic carbocycles. The second-order valence-electron chi connectivity index (χ2n) is 8.94. The van der Waals surface area contributed by atoms with Crippen molar-refractivity contribution in [2.24, 2.45) is 5.41 Å². The summed E-state index contributed by atoms with van der Waals surface area (Å²) >= 11 is 0. The highest BCUT2D eigenvalue weighted by atomic mass is 16.5. The molecule has 1 aliphatic rings. The summed E-state index contributed by atoms with van der Waals surface area (Å²) in [5, 5.41) is 10.4. The van der Waals surface area contributed by atoms with Crippen LogP contribution in [0.15, 0.2) is 18.2 Å². The Bertz CT molecular complexity index is 965. The van der Waals surface area contributed by atoms with E-state index in [0.717, 1.165) is 0 Å². The first-order chi connectivity index (χ1) is 14.1. The van der Waals surface area contributed by atoms with Crippen molar-refractivity contribution in [3.63, 3.8) is 0 Å². The largest absolute Gasteiger partial charge is 0.465 e. The van der Waals surface area contributed by atoms with Crippen LogP contribution < -0.4 is 21.3 Å². The number of hydrogen-bond acceptors (Lipinski definition) is 6. The number of anilines is 2. The second-order valence-corrected chi connectivity index (χ2v) is 8.94. The van der Waals surface area contributed by atoms with Crippen LogP contribution in [0.3, 0.4) is 0 Å². The number of rotatable bonds is 1. The van der Waals surface area contributed by atoms with Gasteiger partial charge in [-0.2, -0.15) is 0 Å². The van der Waals surface area contributed by atoms with Crippen LogP contribution >= 0.6 is 0 Å². The van der Waals surface area contributed by atoms with Crippen LogP contribution in [0.5, 0.6) is 0 Å². The molecule has 0 aromatic heterocycles. The fourth-order valence-electron chi connectivity index (χ4n) is 2.66. The molecule has 168 valence electrons. The van der Waals surface area contributed by atoms with E-state index >= 15 is 0 Å². The molecule has 0 bridgehead atoms. The Morgan fingerprint density at radius 1 is 0.742 bits per heavy atom. The highest BCUT2D eigenvalue weighted by Gasteiger charge is 2.44. The molecule has 0 saturated heterocycles. The molecule has 4 N–H and O–H groups in total. The van der Waals surface area contributed by atoms with Crippen molar-refractivity contribution in [1.82, 2.24) is 10.6 Å². The van der Waals surface area contributed by atoms with Crippen LogP contribution in [0, 0.1) is 5.41 Å². The Balaban J connectivity index is 2.62. The van der Waals surface area contributed by atoms with Crippen molar-refractivity contribution in [2.45, 2.75) is 52.6 Å². The first-order valence-electron chi connectivity index (χ1n) is 9.62. The lowest BCUT2D eigenvalue weighted by atomic mass is 9.88. The normalized spacial score (nSPS) is 20.4. The number of carbonyl (C=O) groups excluding carboxylic acids is 5. The molecule has 0 radical (unpaired) electrons. The highest BCUT2D eigenvalue weighted by Crippen LogP contribution is 2.27. The highest BCUT2D eigenvalue weighted by molar-refractivity contribution is 6.11. The third-order valence-electron chi connectivity index (χ3n) is 5.06. The number of hydrogen-bond donors (Lipinski definition) is 4. The predicted octanol–water partition coefficient (Wildman–Crippen LogP) is 1.18. The zero-order valence-corrected chi connectivity index (χ0v) is 18.7. The van der Waals surface area contributed by atoms with Crippen LogP contribution in [-0.2, 0) is 23.9 Å². The standard InChI is InChI=1S/C21H28N4O6/c1-19(2)15(27)24-20(3,4)17(29)22-12-9-8-11(14(26)31-7)10-13(12)23-18(30)21(5,6)25-16(19)28/h8-10H,1-7H3,(H,22,29)(H,23,30)(H,24,27)(H,25,28). The number of ether oxygens (including phenoxy) is 1. The van der Waals surface area contributed by atoms with Gasteiger partial charge >= 0.3 is 5.97 Å². The van der Waals surface area contributed by atoms with Gasteiger partial charge in [0.05, 0.1) is 24.0 Å². The van der Waals surface area contributed by atoms with E-state index in [0.29, 0.717) is 0 Å².